The van der Waals surface area contributed by atoms with Gasteiger partial charge in [-0.3, -0.25) is 9.59 Å². The third-order valence-electron chi connectivity index (χ3n) is 6.25. The van der Waals surface area contributed by atoms with Gasteiger partial charge in [-0.05, 0) is 64.9 Å². The summed E-state index contributed by atoms with van der Waals surface area (Å²) in [6.45, 7) is 0. The summed E-state index contributed by atoms with van der Waals surface area (Å²) in [6, 6.07) is 17.4. The Kier molecular flexibility index (Phi) is 5.42. The second-order valence-electron chi connectivity index (χ2n) is 8.47. The van der Waals surface area contributed by atoms with E-state index < -0.39 is 0 Å². The molecule has 1 aliphatic heterocycles. The van der Waals surface area contributed by atoms with Crippen molar-refractivity contribution in [3.8, 4) is 16.9 Å². The molecule has 178 valence electrons. The lowest BCUT2D eigenvalue weighted by Gasteiger charge is -2.16. The van der Waals surface area contributed by atoms with Crippen LogP contribution in [0.25, 0.3) is 33.7 Å². The molecular formula is C28H22N4O3S. The van der Waals surface area contributed by atoms with Gasteiger partial charge in [0.05, 0.1) is 24.8 Å². The average molecular weight is 495 g/mol. The highest BCUT2D eigenvalue weighted by molar-refractivity contribution is 7.10. The number of hydrogen-bond acceptors (Lipinski definition) is 4. The maximum absolute atomic E-state index is 13.1. The predicted octanol–water partition coefficient (Wildman–Crippen LogP) is 5.91. The summed E-state index contributed by atoms with van der Waals surface area (Å²) < 4.78 is 5.43. The summed E-state index contributed by atoms with van der Waals surface area (Å²) in [4.78, 5) is 33.5. The number of anilines is 2. The Morgan fingerprint density at radius 2 is 1.94 bits per heavy atom. The van der Waals surface area contributed by atoms with Gasteiger partial charge in [-0.25, -0.2) is 0 Å². The number of amides is 2. The molecule has 1 aliphatic rings. The number of aromatic amines is 2. The van der Waals surface area contributed by atoms with Crippen LogP contribution < -0.4 is 15.4 Å². The van der Waals surface area contributed by atoms with Crippen molar-refractivity contribution in [3.05, 3.63) is 88.5 Å². The Bertz CT molecular complexity index is 1640. The summed E-state index contributed by atoms with van der Waals surface area (Å²) in [5, 5.41) is 9.07. The van der Waals surface area contributed by atoms with Gasteiger partial charge in [0.25, 0.3) is 5.91 Å². The highest BCUT2D eigenvalue weighted by atomic mass is 32.1. The molecule has 3 aromatic heterocycles. The molecule has 0 bridgehead atoms. The van der Waals surface area contributed by atoms with E-state index in [0.717, 1.165) is 32.5 Å². The van der Waals surface area contributed by atoms with Crippen LogP contribution in [0.3, 0.4) is 0 Å². The first kappa shape index (κ1) is 21.9. The molecular weight excluding hydrogens is 472 g/mol. The van der Waals surface area contributed by atoms with E-state index in [1.807, 2.05) is 60.1 Å². The van der Waals surface area contributed by atoms with E-state index in [2.05, 4.69) is 26.7 Å². The molecule has 8 heteroatoms. The molecule has 0 spiro atoms. The first-order valence-corrected chi connectivity index (χ1v) is 12.3. The number of carbonyl (C=O) groups is 2. The summed E-state index contributed by atoms with van der Waals surface area (Å²) in [5.74, 6) is 0.308. The van der Waals surface area contributed by atoms with Crippen LogP contribution in [0.4, 0.5) is 11.4 Å². The quantitative estimate of drug-likeness (QED) is 0.221. The third-order valence-corrected chi connectivity index (χ3v) is 7.12. The molecule has 0 unspecified atom stereocenters. The van der Waals surface area contributed by atoms with Crippen molar-refractivity contribution in [2.24, 2.45) is 0 Å². The zero-order valence-electron chi connectivity index (χ0n) is 19.3. The molecule has 0 saturated carbocycles. The Morgan fingerprint density at radius 1 is 1.06 bits per heavy atom. The normalized spacial score (nSPS) is 13.7. The van der Waals surface area contributed by atoms with E-state index in [4.69, 9.17) is 4.74 Å². The zero-order valence-corrected chi connectivity index (χ0v) is 20.2. The minimum absolute atomic E-state index is 0.116. The first-order chi connectivity index (χ1) is 17.6. The van der Waals surface area contributed by atoms with Crippen LogP contribution in [0.5, 0.6) is 5.75 Å². The van der Waals surface area contributed by atoms with Crippen molar-refractivity contribution in [1.29, 1.82) is 0 Å². The number of hydrogen-bond donors (Lipinski definition) is 4. The molecule has 0 radical (unpaired) electrons. The number of H-pyrrole nitrogens is 2. The van der Waals surface area contributed by atoms with Gasteiger partial charge in [0, 0.05) is 45.3 Å². The minimum atomic E-state index is -0.215. The maximum Gasteiger partial charge on any atom is 0.256 e. The van der Waals surface area contributed by atoms with Crippen molar-refractivity contribution in [1.82, 2.24) is 9.97 Å². The van der Waals surface area contributed by atoms with Gasteiger partial charge in [0.15, 0.2) is 0 Å². The summed E-state index contributed by atoms with van der Waals surface area (Å²) >= 11 is 1.55. The van der Waals surface area contributed by atoms with Gasteiger partial charge < -0.3 is 25.3 Å². The molecule has 2 aromatic carbocycles. The number of thiophene rings is 1. The van der Waals surface area contributed by atoms with Gasteiger partial charge in [-0.1, -0.05) is 12.1 Å². The van der Waals surface area contributed by atoms with Crippen LogP contribution in [0.1, 0.15) is 16.1 Å². The van der Waals surface area contributed by atoms with Crippen molar-refractivity contribution in [2.45, 2.75) is 6.42 Å². The fraction of sp³-hybridized carbons (Fsp3) is 0.0714. The van der Waals surface area contributed by atoms with Crippen LogP contribution in [-0.2, 0) is 16.0 Å². The van der Waals surface area contributed by atoms with E-state index in [-0.39, 0.29) is 18.2 Å². The Hall–Kier alpha value is -4.56. The predicted molar refractivity (Wildman–Crippen MR) is 144 cm³/mol. The molecule has 6 rings (SSSR count). The molecule has 0 aliphatic carbocycles. The fourth-order valence-electron chi connectivity index (χ4n) is 4.61. The maximum atomic E-state index is 13.1. The lowest BCUT2D eigenvalue weighted by atomic mass is 9.92. The number of carbonyl (C=O) groups excluding carboxylic acids is 2. The molecule has 36 heavy (non-hydrogen) atoms. The zero-order chi connectivity index (χ0) is 24.6. The Morgan fingerprint density at radius 3 is 2.78 bits per heavy atom. The summed E-state index contributed by atoms with van der Waals surface area (Å²) in [7, 11) is 1.59. The monoisotopic (exact) mass is 494 g/mol. The number of aromatic nitrogens is 2. The molecule has 0 fully saturated rings. The first-order valence-electron chi connectivity index (χ1n) is 11.4. The van der Waals surface area contributed by atoms with Crippen molar-refractivity contribution in [3.63, 3.8) is 0 Å². The minimum Gasteiger partial charge on any atom is -0.495 e. The summed E-state index contributed by atoms with van der Waals surface area (Å²) in [5.41, 5.74) is 5.94. The number of ether oxygens (including phenoxy) is 1. The van der Waals surface area contributed by atoms with Gasteiger partial charge >= 0.3 is 0 Å². The molecule has 4 N–H and O–H groups in total. The highest BCUT2D eigenvalue weighted by Crippen LogP contribution is 2.45. The van der Waals surface area contributed by atoms with Crippen LogP contribution >= 0.6 is 11.3 Å². The second-order valence-corrected chi connectivity index (χ2v) is 9.50. The Balaban J connectivity index is 1.52. The van der Waals surface area contributed by atoms with Crippen molar-refractivity contribution < 1.29 is 14.3 Å². The van der Waals surface area contributed by atoms with E-state index in [1.165, 1.54) is 0 Å². The fourth-order valence-corrected chi connectivity index (χ4v) is 5.31. The number of methoxy groups -OCH3 is 1. The number of rotatable bonds is 6. The van der Waals surface area contributed by atoms with E-state index in [9.17, 15) is 9.59 Å². The van der Waals surface area contributed by atoms with E-state index in [0.29, 0.717) is 28.4 Å². The molecule has 7 nitrogen and oxygen atoms in total. The molecule has 4 heterocycles. The van der Waals surface area contributed by atoms with Crippen molar-refractivity contribution in [2.75, 3.05) is 17.7 Å². The van der Waals surface area contributed by atoms with Crippen LogP contribution in [0.2, 0.25) is 0 Å². The summed E-state index contributed by atoms with van der Waals surface area (Å²) in [6.07, 6.45) is 5.72. The van der Waals surface area contributed by atoms with Gasteiger partial charge in [0.1, 0.15) is 5.75 Å². The largest absolute Gasteiger partial charge is 0.495 e. The average Bonchev–Trinajstić information content (AvgIpc) is 3.67. The SMILES string of the molecule is COc1cc[nH]c1/C=C1\C(=O)Nc2ccc(NC(=O)Cc3cccs3)c(-c3ccc4[nH]ccc4c3)c21. The van der Waals surface area contributed by atoms with E-state index >= 15 is 0 Å². The van der Waals surface area contributed by atoms with Gasteiger partial charge in [-0.2, -0.15) is 0 Å². The van der Waals surface area contributed by atoms with Gasteiger partial charge in [-0.15, -0.1) is 11.3 Å². The number of nitrogens with one attached hydrogen (secondary N) is 4. The number of fused-ring (bicyclic) bond motifs is 2. The van der Waals surface area contributed by atoms with Crippen LogP contribution in [0, 0.1) is 0 Å². The van der Waals surface area contributed by atoms with Crippen LogP contribution in [-0.4, -0.2) is 28.9 Å². The second kappa shape index (κ2) is 8.90. The lowest BCUT2D eigenvalue weighted by Crippen LogP contribution is -2.14. The number of benzene rings is 2. The Labute approximate surface area is 210 Å². The third kappa shape index (κ3) is 3.87. The lowest BCUT2D eigenvalue weighted by molar-refractivity contribution is -0.115. The molecule has 0 atom stereocenters. The van der Waals surface area contributed by atoms with Crippen LogP contribution in [0.15, 0.2) is 72.4 Å². The van der Waals surface area contributed by atoms with Crippen molar-refractivity contribution >= 4 is 57.1 Å². The van der Waals surface area contributed by atoms with Gasteiger partial charge in [0.2, 0.25) is 5.91 Å². The van der Waals surface area contributed by atoms with E-state index in [1.54, 1.807) is 30.7 Å². The smallest absolute Gasteiger partial charge is 0.256 e. The molecule has 5 aromatic rings. The molecule has 0 saturated heterocycles. The molecule has 2 amide bonds. The topological polar surface area (TPSA) is 99.0 Å². The standard InChI is InChI=1S/C28H22N4O3S/c1-35-24-9-11-30-23(24)15-19-27-22(32-28(19)34)7-6-21(31-25(33)14-18-3-2-12-36-18)26(27)17-4-5-20-16(13-17)8-10-29-20/h2-13,15,29-30H,14H2,1H3,(H,31,33)(H,32,34)/b19-15-. The highest BCUT2D eigenvalue weighted by Gasteiger charge is 2.30.